The molecule has 2 fully saturated rings. The van der Waals surface area contributed by atoms with Crippen LogP contribution < -0.4 is 5.32 Å². The summed E-state index contributed by atoms with van der Waals surface area (Å²) in [5, 5.41) is 4.36. The summed E-state index contributed by atoms with van der Waals surface area (Å²) >= 11 is 6.28. The van der Waals surface area contributed by atoms with Crippen LogP contribution in [0.3, 0.4) is 0 Å². The average Bonchev–Trinajstić information content (AvgIpc) is 2.75. The zero-order chi connectivity index (χ0) is 20.7. The Balaban J connectivity index is 1.63. The van der Waals surface area contributed by atoms with Gasteiger partial charge in [0.05, 0.1) is 12.5 Å². The molecule has 2 aliphatic rings. The molecule has 3 rings (SSSR count). The van der Waals surface area contributed by atoms with Gasteiger partial charge < -0.3 is 19.7 Å². The Morgan fingerprint density at radius 3 is 2.69 bits per heavy atom. The largest absolute Gasteiger partial charge is 0.466 e. The lowest BCUT2D eigenvalue weighted by molar-refractivity contribution is -0.149. The molecule has 1 aromatic carbocycles. The highest BCUT2D eigenvalue weighted by Gasteiger charge is 2.35. The molecule has 0 spiro atoms. The molecule has 29 heavy (non-hydrogen) atoms. The lowest BCUT2D eigenvalue weighted by Crippen LogP contribution is -2.51. The Bertz CT molecular complexity index is 711. The van der Waals surface area contributed by atoms with Gasteiger partial charge in [-0.1, -0.05) is 23.7 Å². The number of carbonyl (C=O) groups is 1. The third-order valence-electron chi connectivity index (χ3n) is 6.10. The van der Waals surface area contributed by atoms with Crippen LogP contribution in [-0.2, 0) is 19.7 Å². The van der Waals surface area contributed by atoms with Gasteiger partial charge in [-0.05, 0) is 50.3 Å². The van der Waals surface area contributed by atoms with Gasteiger partial charge in [0.15, 0.2) is 5.96 Å². The number of hydrogen-bond acceptors (Lipinski definition) is 4. The third kappa shape index (κ3) is 5.43. The van der Waals surface area contributed by atoms with Crippen molar-refractivity contribution in [2.24, 2.45) is 10.9 Å². The number of hydrogen-bond donors (Lipinski definition) is 1. The van der Waals surface area contributed by atoms with Crippen molar-refractivity contribution in [1.82, 2.24) is 10.2 Å². The number of esters is 1. The molecule has 2 heterocycles. The lowest BCUT2D eigenvalue weighted by Gasteiger charge is -2.40. The molecular formula is C22H32ClN3O3. The van der Waals surface area contributed by atoms with Crippen molar-refractivity contribution in [3.8, 4) is 0 Å². The second-order valence-corrected chi connectivity index (χ2v) is 8.25. The summed E-state index contributed by atoms with van der Waals surface area (Å²) in [6, 6.07) is 8.16. The van der Waals surface area contributed by atoms with Gasteiger partial charge in [0, 0.05) is 50.3 Å². The average molecular weight is 422 g/mol. The van der Waals surface area contributed by atoms with Crippen LogP contribution >= 0.6 is 11.6 Å². The number of aliphatic imine (C=N–C) groups is 1. The van der Waals surface area contributed by atoms with Crippen LogP contribution in [0, 0.1) is 5.92 Å². The normalized spacial score (nSPS) is 20.4. The number of piperidine rings is 1. The summed E-state index contributed by atoms with van der Waals surface area (Å²) in [6.45, 7) is 6.17. The molecule has 6 nitrogen and oxygen atoms in total. The Morgan fingerprint density at radius 2 is 2.07 bits per heavy atom. The molecule has 0 amide bonds. The molecule has 2 saturated heterocycles. The van der Waals surface area contributed by atoms with Crippen molar-refractivity contribution in [2.75, 3.05) is 46.5 Å². The second kappa shape index (κ2) is 10.3. The predicted octanol–water partition coefficient (Wildman–Crippen LogP) is 3.24. The van der Waals surface area contributed by atoms with Gasteiger partial charge >= 0.3 is 5.97 Å². The van der Waals surface area contributed by atoms with Crippen LogP contribution in [-0.4, -0.2) is 63.3 Å². The first-order valence-corrected chi connectivity index (χ1v) is 10.9. The number of benzene rings is 1. The Labute approximate surface area is 178 Å². The number of guanidine groups is 1. The van der Waals surface area contributed by atoms with E-state index in [1.54, 1.807) is 0 Å². The van der Waals surface area contributed by atoms with Crippen LogP contribution in [0.2, 0.25) is 5.02 Å². The van der Waals surface area contributed by atoms with Crippen molar-refractivity contribution in [1.29, 1.82) is 0 Å². The Morgan fingerprint density at radius 1 is 1.34 bits per heavy atom. The zero-order valence-corrected chi connectivity index (χ0v) is 18.2. The standard InChI is InChI=1S/C22H32ClN3O3/c1-3-29-20(27)17-7-11-26(12-8-17)21(24-2)25-16-22(9-13-28-14-10-22)18-5-4-6-19(23)15-18/h4-6,15,17H,3,7-14,16H2,1-2H3,(H,24,25). The molecule has 0 radical (unpaired) electrons. The van der Waals surface area contributed by atoms with Gasteiger partial charge in [0.25, 0.3) is 0 Å². The fraction of sp³-hybridized carbons (Fsp3) is 0.636. The van der Waals surface area contributed by atoms with Gasteiger partial charge in [0.1, 0.15) is 0 Å². The van der Waals surface area contributed by atoms with E-state index in [-0.39, 0.29) is 17.3 Å². The molecule has 2 aliphatic heterocycles. The Kier molecular flexibility index (Phi) is 7.78. The highest BCUT2D eigenvalue weighted by atomic mass is 35.5. The van der Waals surface area contributed by atoms with Crippen LogP contribution in [0.1, 0.15) is 38.2 Å². The second-order valence-electron chi connectivity index (χ2n) is 7.82. The van der Waals surface area contributed by atoms with E-state index in [1.807, 2.05) is 26.1 Å². The van der Waals surface area contributed by atoms with E-state index in [1.165, 1.54) is 5.56 Å². The molecule has 1 N–H and O–H groups in total. The Hall–Kier alpha value is -1.79. The number of rotatable bonds is 5. The fourth-order valence-electron chi connectivity index (χ4n) is 4.32. The van der Waals surface area contributed by atoms with Crippen molar-refractivity contribution in [3.63, 3.8) is 0 Å². The topological polar surface area (TPSA) is 63.2 Å². The number of halogens is 1. The highest BCUT2D eigenvalue weighted by Crippen LogP contribution is 2.35. The zero-order valence-electron chi connectivity index (χ0n) is 17.5. The first-order valence-electron chi connectivity index (χ1n) is 10.5. The van der Waals surface area contributed by atoms with Gasteiger partial charge in [-0.25, -0.2) is 0 Å². The molecule has 0 bridgehead atoms. The van der Waals surface area contributed by atoms with Crippen LogP contribution in [0.4, 0.5) is 0 Å². The lowest BCUT2D eigenvalue weighted by atomic mass is 9.74. The molecule has 7 heteroatoms. The maximum atomic E-state index is 12.0. The summed E-state index contributed by atoms with van der Waals surface area (Å²) < 4.78 is 10.8. The molecule has 160 valence electrons. The summed E-state index contributed by atoms with van der Waals surface area (Å²) in [4.78, 5) is 18.7. The molecule has 0 unspecified atom stereocenters. The predicted molar refractivity (Wildman–Crippen MR) is 115 cm³/mol. The van der Waals surface area contributed by atoms with E-state index in [0.717, 1.165) is 69.5 Å². The molecule has 0 aliphatic carbocycles. The molecular weight excluding hydrogens is 390 g/mol. The smallest absolute Gasteiger partial charge is 0.309 e. The molecule has 0 atom stereocenters. The fourth-order valence-corrected chi connectivity index (χ4v) is 4.51. The number of nitrogens with one attached hydrogen (secondary N) is 1. The van der Waals surface area contributed by atoms with Crippen molar-refractivity contribution in [3.05, 3.63) is 34.9 Å². The van der Waals surface area contributed by atoms with Gasteiger partial charge in [-0.15, -0.1) is 0 Å². The van der Waals surface area contributed by atoms with E-state index >= 15 is 0 Å². The molecule has 1 aromatic rings. The van der Waals surface area contributed by atoms with E-state index < -0.39 is 0 Å². The van der Waals surface area contributed by atoms with Crippen molar-refractivity contribution >= 4 is 23.5 Å². The summed E-state index contributed by atoms with van der Waals surface area (Å²) in [5.41, 5.74) is 1.22. The first-order chi connectivity index (χ1) is 14.1. The number of nitrogens with zero attached hydrogens (tertiary/aromatic N) is 2. The quantitative estimate of drug-likeness (QED) is 0.449. The van der Waals surface area contributed by atoms with Crippen molar-refractivity contribution in [2.45, 2.75) is 38.0 Å². The first kappa shape index (κ1) is 21.9. The number of likely N-dealkylation sites (tertiary alicyclic amines) is 1. The molecule has 0 aromatic heterocycles. The van der Waals surface area contributed by atoms with Gasteiger partial charge in [-0.2, -0.15) is 0 Å². The van der Waals surface area contributed by atoms with Crippen LogP contribution in [0.15, 0.2) is 29.3 Å². The SMILES string of the molecule is CCOC(=O)C1CCN(C(=NC)NCC2(c3cccc(Cl)c3)CCOCC2)CC1. The number of carbonyl (C=O) groups excluding carboxylic acids is 1. The maximum Gasteiger partial charge on any atom is 0.309 e. The maximum absolute atomic E-state index is 12.0. The number of ether oxygens (including phenoxy) is 2. The minimum atomic E-state index is -0.0720. The third-order valence-corrected chi connectivity index (χ3v) is 6.33. The van der Waals surface area contributed by atoms with Gasteiger partial charge in [-0.3, -0.25) is 9.79 Å². The highest BCUT2D eigenvalue weighted by molar-refractivity contribution is 6.30. The minimum Gasteiger partial charge on any atom is -0.466 e. The molecule has 0 saturated carbocycles. The van der Waals surface area contributed by atoms with E-state index in [2.05, 4.69) is 27.3 Å². The van der Waals surface area contributed by atoms with E-state index in [4.69, 9.17) is 21.1 Å². The van der Waals surface area contributed by atoms with Crippen LogP contribution in [0.5, 0.6) is 0 Å². The van der Waals surface area contributed by atoms with Crippen molar-refractivity contribution < 1.29 is 14.3 Å². The summed E-state index contributed by atoms with van der Waals surface area (Å²) in [7, 11) is 1.82. The van der Waals surface area contributed by atoms with Gasteiger partial charge in [0.2, 0.25) is 0 Å². The van der Waals surface area contributed by atoms with E-state index in [9.17, 15) is 4.79 Å². The minimum absolute atomic E-state index is 0.00222. The monoisotopic (exact) mass is 421 g/mol. The van der Waals surface area contributed by atoms with Crippen LogP contribution in [0.25, 0.3) is 0 Å². The summed E-state index contributed by atoms with van der Waals surface area (Å²) in [5.74, 6) is 0.815. The summed E-state index contributed by atoms with van der Waals surface area (Å²) in [6.07, 6.45) is 3.49. The van der Waals surface area contributed by atoms with E-state index in [0.29, 0.717) is 6.61 Å².